The Morgan fingerprint density at radius 1 is 1.17 bits per heavy atom. The molecule has 0 radical (unpaired) electrons. The Bertz CT molecular complexity index is 497. The van der Waals surface area contributed by atoms with Crippen molar-refractivity contribution in [2.75, 3.05) is 0 Å². The maximum absolute atomic E-state index is 2.62. The summed E-state index contributed by atoms with van der Waals surface area (Å²) in [6, 6.07) is 0. The quantitative estimate of drug-likeness (QED) is 0.627. The van der Waals surface area contributed by atoms with Gasteiger partial charge in [-0.25, -0.2) is 0 Å². The normalized spacial score (nSPS) is 18.2. The summed E-state index contributed by atoms with van der Waals surface area (Å²) < 4.78 is 3.76. The molecular formula is C16H24SiZr. The van der Waals surface area contributed by atoms with Gasteiger partial charge in [-0.05, 0) is 0 Å². The van der Waals surface area contributed by atoms with Crippen LogP contribution in [0.1, 0.15) is 39.5 Å². The summed E-state index contributed by atoms with van der Waals surface area (Å²) in [7, 11) is 0. The van der Waals surface area contributed by atoms with Crippen LogP contribution in [0.2, 0.25) is 13.1 Å². The van der Waals surface area contributed by atoms with E-state index in [4.69, 9.17) is 0 Å². The predicted octanol–water partition coefficient (Wildman–Crippen LogP) is 5.10. The van der Waals surface area contributed by atoms with E-state index in [0.29, 0.717) is 0 Å². The number of hydrogen-bond acceptors (Lipinski definition) is 0. The first-order valence-electron chi connectivity index (χ1n) is 7.12. The number of hydrogen-bond donors (Lipinski definition) is 0. The molecule has 0 aliphatic heterocycles. The topological polar surface area (TPSA) is 0 Å². The second kappa shape index (κ2) is 6.48. The molecule has 0 unspecified atom stereocenters. The minimum atomic E-state index is -1.44. The molecule has 0 aromatic heterocycles. The summed E-state index contributed by atoms with van der Waals surface area (Å²) in [5, 5.41) is 0. The molecule has 2 heteroatoms. The SMILES string of the molecule is CCC1=C(CC)C[C]([Zr]([C]2=CC=CC2)=[Si](C)C)=C1. The van der Waals surface area contributed by atoms with Crippen LogP contribution >= 0.6 is 0 Å². The van der Waals surface area contributed by atoms with E-state index in [1.807, 2.05) is 6.56 Å². The second-order valence-electron chi connectivity index (χ2n) is 5.38. The monoisotopic (exact) mass is 334 g/mol. The molecule has 2 aliphatic carbocycles. The van der Waals surface area contributed by atoms with Gasteiger partial charge < -0.3 is 0 Å². The molecule has 0 heterocycles. The molecule has 0 spiro atoms. The first-order chi connectivity index (χ1) is 8.67. The van der Waals surface area contributed by atoms with Gasteiger partial charge in [0.1, 0.15) is 0 Å². The molecule has 0 nitrogen and oxygen atoms in total. The van der Waals surface area contributed by atoms with E-state index < -0.39 is 20.4 Å². The molecular weight excluding hydrogens is 311 g/mol. The molecule has 0 amide bonds. The molecule has 2 rings (SSSR count). The van der Waals surface area contributed by atoms with Crippen LogP contribution in [0.25, 0.3) is 0 Å². The van der Waals surface area contributed by atoms with Crippen LogP contribution in [0.5, 0.6) is 0 Å². The van der Waals surface area contributed by atoms with Crippen molar-refractivity contribution < 1.29 is 20.4 Å². The van der Waals surface area contributed by atoms with E-state index in [1.54, 1.807) is 11.1 Å². The van der Waals surface area contributed by atoms with Crippen molar-refractivity contribution in [1.82, 2.24) is 0 Å². The van der Waals surface area contributed by atoms with E-state index in [2.05, 4.69) is 51.2 Å². The van der Waals surface area contributed by atoms with Crippen molar-refractivity contribution in [2.24, 2.45) is 0 Å². The molecule has 96 valence electrons. The Morgan fingerprint density at radius 2 is 1.94 bits per heavy atom. The van der Waals surface area contributed by atoms with E-state index in [-0.39, 0.29) is 5.43 Å². The van der Waals surface area contributed by atoms with Gasteiger partial charge in [0.2, 0.25) is 0 Å². The minimum absolute atomic E-state index is 0.108. The van der Waals surface area contributed by atoms with E-state index in [9.17, 15) is 0 Å². The van der Waals surface area contributed by atoms with Gasteiger partial charge in [-0.1, -0.05) is 0 Å². The molecule has 0 saturated heterocycles. The summed E-state index contributed by atoms with van der Waals surface area (Å²) in [4.78, 5) is 0. The maximum atomic E-state index is 2.62. The molecule has 18 heavy (non-hydrogen) atoms. The van der Waals surface area contributed by atoms with Gasteiger partial charge in [0.05, 0.1) is 0 Å². The van der Waals surface area contributed by atoms with E-state index >= 15 is 0 Å². The molecule has 0 fully saturated rings. The summed E-state index contributed by atoms with van der Waals surface area (Å²) in [5.41, 5.74) is 3.30. The van der Waals surface area contributed by atoms with Gasteiger partial charge >= 0.3 is 120 Å². The van der Waals surface area contributed by atoms with Crippen molar-refractivity contribution >= 4 is 5.43 Å². The van der Waals surface area contributed by atoms with Crippen LogP contribution in [0.15, 0.2) is 42.0 Å². The number of allylic oxidation sites excluding steroid dienone is 8. The zero-order chi connectivity index (χ0) is 13.1. The van der Waals surface area contributed by atoms with Crippen molar-refractivity contribution in [2.45, 2.75) is 52.6 Å². The summed E-state index contributed by atoms with van der Waals surface area (Å²) in [6.07, 6.45) is 14.8. The summed E-state index contributed by atoms with van der Waals surface area (Å²) >= 11 is -1.44. The van der Waals surface area contributed by atoms with Crippen LogP contribution in [0, 0.1) is 0 Å². The molecule has 0 aromatic rings. The Balaban J connectivity index is 2.30. The van der Waals surface area contributed by atoms with Gasteiger partial charge in [-0.15, -0.1) is 0 Å². The Hall–Kier alpha value is 0.0600. The first kappa shape index (κ1) is 14.5. The van der Waals surface area contributed by atoms with E-state index in [1.165, 1.54) is 25.7 Å². The average Bonchev–Trinajstić information content (AvgIpc) is 2.98. The third-order valence-electron chi connectivity index (χ3n) is 3.93. The number of rotatable bonds is 4. The van der Waals surface area contributed by atoms with Gasteiger partial charge in [0.25, 0.3) is 0 Å². The molecule has 0 saturated carbocycles. The zero-order valence-corrected chi connectivity index (χ0v) is 15.6. The first-order valence-corrected chi connectivity index (χ1v) is 15.8. The predicted molar refractivity (Wildman–Crippen MR) is 79.6 cm³/mol. The summed E-state index contributed by atoms with van der Waals surface area (Å²) in [6.45, 7) is 9.74. The molecule has 0 N–H and O–H groups in total. The van der Waals surface area contributed by atoms with Gasteiger partial charge in [-0.3, -0.25) is 0 Å². The molecule has 0 aromatic carbocycles. The van der Waals surface area contributed by atoms with Crippen LogP contribution in [0.4, 0.5) is 0 Å². The Morgan fingerprint density at radius 3 is 2.39 bits per heavy atom. The summed E-state index contributed by atoms with van der Waals surface area (Å²) in [5.74, 6) is 0. The average molecular weight is 336 g/mol. The van der Waals surface area contributed by atoms with Gasteiger partial charge in [-0.2, -0.15) is 0 Å². The van der Waals surface area contributed by atoms with Crippen molar-refractivity contribution in [3.63, 3.8) is 0 Å². The van der Waals surface area contributed by atoms with Crippen LogP contribution in [-0.4, -0.2) is 5.43 Å². The van der Waals surface area contributed by atoms with Gasteiger partial charge in [0, 0.05) is 0 Å². The zero-order valence-electron chi connectivity index (χ0n) is 12.1. The third kappa shape index (κ3) is 2.96. The standard InChI is InChI=1S/C9H13.C5H5.C2H6Si.Zr/c1-3-8-6-5-7-9(8)4-2;1-2-4-5-3-1;1-3-2;/h6H,3-4,7H2,1-2H3;1-3H,4H2;1-2H3;. The Kier molecular flexibility index (Phi) is 5.21. The van der Waals surface area contributed by atoms with Crippen molar-refractivity contribution in [1.29, 1.82) is 0 Å². The fourth-order valence-corrected chi connectivity index (χ4v) is 20.0. The molecule has 2 aliphatic rings. The van der Waals surface area contributed by atoms with Crippen LogP contribution in [-0.2, 0) is 20.4 Å². The van der Waals surface area contributed by atoms with Crippen molar-refractivity contribution in [3.8, 4) is 0 Å². The van der Waals surface area contributed by atoms with Crippen LogP contribution < -0.4 is 0 Å². The fourth-order valence-electron chi connectivity index (χ4n) is 3.05. The van der Waals surface area contributed by atoms with Crippen LogP contribution in [0.3, 0.4) is 0 Å². The van der Waals surface area contributed by atoms with Gasteiger partial charge in [0.15, 0.2) is 0 Å². The molecule has 0 atom stereocenters. The van der Waals surface area contributed by atoms with Crippen molar-refractivity contribution in [3.05, 3.63) is 42.0 Å². The second-order valence-corrected chi connectivity index (χ2v) is 22.7. The third-order valence-corrected chi connectivity index (χ3v) is 21.0. The molecule has 0 bridgehead atoms. The fraction of sp³-hybridized carbons (Fsp3) is 0.500. The van der Waals surface area contributed by atoms with E-state index in [0.717, 1.165) is 0 Å². The Labute approximate surface area is 120 Å².